The molecule has 2 fully saturated rings. The zero-order valence-electron chi connectivity index (χ0n) is 11.2. The summed E-state index contributed by atoms with van der Waals surface area (Å²) in [6, 6.07) is 2.48. The molecule has 0 aromatic carbocycles. The summed E-state index contributed by atoms with van der Waals surface area (Å²) in [6.07, 6.45) is 5.51. The van der Waals surface area contributed by atoms with Gasteiger partial charge in [-0.3, -0.25) is 4.79 Å². The highest BCUT2D eigenvalue weighted by Gasteiger charge is 2.44. The molecule has 1 amide bonds. The number of ether oxygens (including phenoxy) is 1. The van der Waals surface area contributed by atoms with Gasteiger partial charge in [-0.1, -0.05) is 26.2 Å². The van der Waals surface area contributed by atoms with E-state index in [2.05, 4.69) is 13.0 Å². The van der Waals surface area contributed by atoms with Crippen LogP contribution in [0.4, 0.5) is 0 Å². The van der Waals surface area contributed by atoms with Crippen molar-refractivity contribution < 1.29 is 9.53 Å². The minimum absolute atomic E-state index is 0.0554. The smallest absolute Gasteiger partial charge is 0.243 e. The molecule has 2 aliphatic rings. The Labute approximate surface area is 109 Å². The molecule has 0 aromatic rings. The second kappa shape index (κ2) is 5.71. The molecule has 4 heteroatoms. The predicted octanol–water partition coefficient (Wildman–Crippen LogP) is 2.10. The first kappa shape index (κ1) is 13.4. The van der Waals surface area contributed by atoms with Gasteiger partial charge in [0.05, 0.1) is 25.3 Å². The Morgan fingerprint density at radius 2 is 2.17 bits per heavy atom. The normalized spacial score (nSPS) is 27.6. The largest absolute Gasteiger partial charge is 0.377 e. The molecule has 1 aliphatic heterocycles. The van der Waals surface area contributed by atoms with Crippen LogP contribution in [0.25, 0.3) is 0 Å². The number of hydrogen-bond donors (Lipinski definition) is 0. The number of carbonyl (C=O) groups is 1. The van der Waals surface area contributed by atoms with Crippen molar-refractivity contribution >= 4 is 5.91 Å². The van der Waals surface area contributed by atoms with Crippen LogP contribution in [0, 0.1) is 16.7 Å². The second-order valence-electron chi connectivity index (χ2n) is 5.39. The molecule has 18 heavy (non-hydrogen) atoms. The molecule has 0 radical (unpaired) electrons. The van der Waals surface area contributed by atoms with Gasteiger partial charge in [0.2, 0.25) is 5.91 Å². The lowest BCUT2D eigenvalue weighted by Crippen LogP contribution is -2.54. The molecule has 4 nitrogen and oxygen atoms in total. The van der Waals surface area contributed by atoms with Crippen LogP contribution in [0.1, 0.15) is 45.4 Å². The molecule has 1 saturated heterocycles. The number of morpholine rings is 1. The molecule has 0 aromatic heterocycles. The predicted molar refractivity (Wildman–Crippen MR) is 67.7 cm³/mol. The molecule has 1 saturated carbocycles. The molecule has 0 spiro atoms. The van der Waals surface area contributed by atoms with Gasteiger partial charge in [-0.25, -0.2) is 0 Å². The zero-order chi connectivity index (χ0) is 13.0. The van der Waals surface area contributed by atoms with Gasteiger partial charge in [-0.15, -0.1) is 0 Å². The van der Waals surface area contributed by atoms with Gasteiger partial charge in [-0.05, 0) is 19.3 Å². The van der Waals surface area contributed by atoms with E-state index in [0.29, 0.717) is 19.8 Å². The molecule has 1 heterocycles. The van der Waals surface area contributed by atoms with Crippen LogP contribution in [0.5, 0.6) is 0 Å². The van der Waals surface area contributed by atoms with E-state index in [1.807, 2.05) is 4.90 Å². The molecule has 1 aliphatic carbocycles. The van der Waals surface area contributed by atoms with E-state index in [1.54, 1.807) is 0 Å². The maximum Gasteiger partial charge on any atom is 0.243 e. The lowest BCUT2D eigenvalue weighted by molar-refractivity contribution is -0.149. The molecule has 0 N–H and O–H groups in total. The first-order valence-corrected chi connectivity index (χ1v) is 7.03. The summed E-state index contributed by atoms with van der Waals surface area (Å²) in [7, 11) is 0. The van der Waals surface area contributed by atoms with Gasteiger partial charge in [0.15, 0.2) is 0 Å². The summed E-state index contributed by atoms with van der Waals surface area (Å²) in [5, 5.41) is 9.47. The molecule has 2 rings (SSSR count). The summed E-state index contributed by atoms with van der Waals surface area (Å²) >= 11 is 0. The van der Waals surface area contributed by atoms with E-state index in [4.69, 9.17) is 4.74 Å². The van der Waals surface area contributed by atoms with Crippen molar-refractivity contribution in [1.82, 2.24) is 4.90 Å². The number of hydrogen-bond acceptors (Lipinski definition) is 3. The fourth-order valence-corrected chi connectivity index (χ4v) is 3.06. The van der Waals surface area contributed by atoms with E-state index in [0.717, 1.165) is 38.5 Å². The Hall–Kier alpha value is -1.08. The third-order valence-corrected chi connectivity index (χ3v) is 4.29. The highest BCUT2D eigenvalue weighted by atomic mass is 16.5. The van der Waals surface area contributed by atoms with Crippen molar-refractivity contribution in [2.75, 3.05) is 19.8 Å². The highest BCUT2D eigenvalue weighted by Crippen LogP contribution is 2.38. The van der Waals surface area contributed by atoms with Crippen molar-refractivity contribution in [1.29, 1.82) is 5.26 Å². The molecular formula is C14H22N2O2. The Kier molecular flexibility index (Phi) is 4.23. The lowest BCUT2D eigenvalue weighted by atomic mass is 9.74. The van der Waals surface area contributed by atoms with E-state index in [9.17, 15) is 10.1 Å². The molecule has 1 unspecified atom stereocenters. The van der Waals surface area contributed by atoms with E-state index >= 15 is 0 Å². The maximum absolute atomic E-state index is 12.7. The SMILES string of the molecule is CCC1COCCN1C(=O)C1(C#N)CCCCC1. The molecule has 100 valence electrons. The first-order valence-electron chi connectivity index (χ1n) is 7.03. The molecular weight excluding hydrogens is 228 g/mol. The number of rotatable bonds is 2. The summed E-state index contributed by atoms with van der Waals surface area (Å²) in [5.41, 5.74) is -0.747. The third-order valence-electron chi connectivity index (χ3n) is 4.29. The van der Waals surface area contributed by atoms with Crippen LogP contribution in [0.15, 0.2) is 0 Å². The van der Waals surface area contributed by atoms with Crippen LogP contribution >= 0.6 is 0 Å². The Bertz CT molecular complexity index is 342. The first-order chi connectivity index (χ1) is 8.73. The van der Waals surface area contributed by atoms with E-state index in [-0.39, 0.29) is 11.9 Å². The number of carbonyl (C=O) groups excluding carboxylic acids is 1. The van der Waals surface area contributed by atoms with E-state index in [1.165, 1.54) is 0 Å². The van der Waals surface area contributed by atoms with Gasteiger partial charge in [0.25, 0.3) is 0 Å². The second-order valence-corrected chi connectivity index (χ2v) is 5.39. The van der Waals surface area contributed by atoms with Crippen LogP contribution in [0.3, 0.4) is 0 Å². The third kappa shape index (κ3) is 2.37. The van der Waals surface area contributed by atoms with Crippen molar-refractivity contribution in [3.8, 4) is 6.07 Å². The van der Waals surface area contributed by atoms with Crippen LogP contribution in [0.2, 0.25) is 0 Å². The van der Waals surface area contributed by atoms with Gasteiger partial charge in [0.1, 0.15) is 5.41 Å². The average Bonchev–Trinajstić information content (AvgIpc) is 2.47. The minimum atomic E-state index is -0.747. The van der Waals surface area contributed by atoms with Gasteiger partial charge in [0, 0.05) is 6.54 Å². The summed E-state index contributed by atoms with van der Waals surface area (Å²) in [6.45, 7) is 3.92. The fraction of sp³-hybridized carbons (Fsp3) is 0.857. The highest BCUT2D eigenvalue weighted by molar-refractivity contribution is 5.86. The summed E-state index contributed by atoms with van der Waals surface area (Å²) < 4.78 is 5.43. The van der Waals surface area contributed by atoms with Crippen molar-refractivity contribution in [2.24, 2.45) is 5.41 Å². The molecule has 1 atom stereocenters. The Morgan fingerprint density at radius 1 is 1.44 bits per heavy atom. The van der Waals surface area contributed by atoms with Crippen molar-refractivity contribution in [3.05, 3.63) is 0 Å². The number of nitrogens with zero attached hydrogens (tertiary/aromatic N) is 2. The zero-order valence-corrected chi connectivity index (χ0v) is 11.2. The monoisotopic (exact) mass is 250 g/mol. The summed E-state index contributed by atoms with van der Waals surface area (Å²) in [4.78, 5) is 14.6. The van der Waals surface area contributed by atoms with Crippen LogP contribution < -0.4 is 0 Å². The topological polar surface area (TPSA) is 53.3 Å². The van der Waals surface area contributed by atoms with Gasteiger partial charge >= 0.3 is 0 Å². The lowest BCUT2D eigenvalue weighted by Gasteiger charge is -2.41. The Morgan fingerprint density at radius 3 is 2.78 bits per heavy atom. The van der Waals surface area contributed by atoms with Crippen molar-refractivity contribution in [3.63, 3.8) is 0 Å². The van der Waals surface area contributed by atoms with Crippen molar-refractivity contribution in [2.45, 2.75) is 51.5 Å². The standard InChI is InChI=1S/C14H22N2O2/c1-2-12-10-18-9-8-16(12)13(17)14(11-15)6-4-3-5-7-14/h12H,2-10H2,1H3. The van der Waals surface area contributed by atoms with Crippen LogP contribution in [-0.4, -0.2) is 36.6 Å². The Balaban J connectivity index is 2.15. The van der Waals surface area contributed by atoms with Gasteiger partial charge < -0.3 is 9.64 Å². The van der Waals surface area contributed by atoms with Crippen LogP contribution in [-0.2, 0) is 9.53 Å². The van der Waals surface area contributed by atoms with Gasteiger partial charge in [-0.2, -0.15) is 5.26 Å². The fourth-order valence-electron chi connectivity index (χ4n) is 3.06. The average molecular weight is 250 g/mol. The molecule has 0 bridgehead atoms. The maximum atomic E-state index is 12.7. The summed E-state index contributed by atoms with van der Waals surface area (Å²) in [5.74, 6) is 0.0554. The number of nitriles is 1. The quantitative estimate of drug-likeness (QED) is 0.754. The number of amides is 1. The minimum Gasteiger partial charge on any atom is -0.377 e. The van der Waals surface area contributed by atoms with E-state index < -0.39 is 5.41 Å².